The Bertz CT molecular complexity index is 1100. The van der Waals surface area contributed by atoms with Gasteiger partial charge in [0, 0.05) is 25.4 Å². The zero-order valence-electron chi connectivity index (χ0n) is 28.1. The summed E-state index contributed by atoms with van der Waals surface area (Å²) in [6.07, 6.45) is -1.30. The summed E-state index contributed by atoms with van der Waals surface area (Å²) in [5.41, 5.74) is 6.06. The number of hydrogen-bond donors (Lipinski definition) is 8. The largest absolute Gasteiger partial charge is 0.394 e. The Labute approximate surface area is 282 Å². The summed E-state index contributed by atoms with van der Waals surface area (Å²) in [5, 5.41) is 67.0. The van der Waals surface area contributed by atoms with Gasteiger partial charge in [0.1, 0.15) is 36.0 Å². The molecule has 0 radical (unpaired) electrons. The van der Waals surface area contributed by atoms with Crippen LogP contribution in [0.1, 0.15) is 77.0 Å². The molecule has 0 aromatic carbocycles. The lowest BCUT2D eigenvalue weighted by Crippen LogP contribution is -2.64. The average Bonchev–Trinajstić information content (AvgIpc) is 3.08. The number of fused-ring (bicyclic) bond motifs is 2. The van der Waals surface area contributed by atoms with Gasteiger partial charge in [-0.2, -0.15) is 0 Å². The highest BCUT2D eigenvalue weighted by atomic mass is 16.7. The molecular weight excluding hydrogens is 624 g/mol. The number of hydrogen-bond acceptors (Lipinski definition) is 13. The van der Waals surface area contributed by atoms with Crippen LogP contribution < -0.4 is 11.1 Å². The van der Waals surface area contributed by atoms with Crippen LogP contribution in [0.25, 0.3) is 0 Å². The number of ether oxygens (including phenoxy) is 3. The van der Waals surface area contributed by atoms with E-state index in [9.17, 15) is 40.2 Å². The Morgan fingerprint density at radius 3 is 2.29 bits per heavy atom. The third-order valence-electron chi connectivity index (χ3n) is 13.0. The Morgan fingerprint density at radius 1 is 0.833 bits per heavy atom. The second kappa shape index (κ2) is 15.6. The van der Waals surface area contributed by atoms with E-state index in [4.69, 9.17) is 19.9 Å². The van der Waals surface area contributed by atoms with Crippen molar-refractivity contribution in [1.29, 1.82) is 0 Å². The molecule has 18 unspecified atom stereocenters. The van der Waals surface area contributed by atoms with Crippen molar-refractivity contribution in [3.05, 3.63) is 0 Å². The summed E-state index contributed by atoms with van der Waals surface area (Å²) >= 11 is 0. The number of nitrogens with one attached hydrogen (secondary N) is 1. The van der Waals surface area contributed by atoms with Crippen molar-refractivity contribution in [2.75, 3.05) is 20.3 Å². The van der Waals surface area contributed by atoms with Crippen molar-refractivity contribution in [2.24, 2.45) is 53.1 Å². The third-order valence-corrected chi connectivity index (χ3v) is 13.0. The second-order valence-electron chi connectivity index (χ2n) is 15.9. The Morgan fingerprint density at radius 2 is 1.60 bits per heavy atom. The molecule has 6 rings (SSSR count). The molecule has 2 heterocycles. The van der Waals surface area contributed by atoms with Crippen molar-refractivity contribution in [1.82, 2.24) is 5.32 Å². The molecule has 48 heavy (non-hydrogen) atoms. The molecule has 4 aliphatic carbocycles. The van der Waals surface area contributed by atoms with Crippen molar-refractivity contribution in [3.8, 4) is 0 Å². The van der Waals surface area contributed by atoms with Crippen LogP contribution in [0.3, 0.4) is 0 Å². The molecular formula is C35H58N2O11. The van der Waals surface area contributed by atoms with Crippen molar-refractivity contribution < 1.29 is 54.4 Å². The molecule has 13 nitrogen and oxygen atoms in total. The van der Waals surface area contributed by atoms with Crippen LogP contribution in [0.5, 0.6) is 0 Å². The fraction of sp³-hybridized carbons (Fsp3) is 0.943. The topological polar surface area (TPSA) is 221 Å². The van der Waals surface area contributed by atoms with Crippen molar-refractivity contribution in [3.63, 3.8) is 0 Å². The smallest absolute Gasteiger partial charge is 0.186 e. The maximum Gasteiger partial charge on any atom is 0.186 e. The molecule has 274 valence electrons. The molecule has 13 heteroatoms. The lowest BCUT2D eigenvalue weighted by molar-refractivity contribution is -0.319. The molecule has 0 aromatic rings. The molecule has 0 bridgehead atoms. The number of piperidine rings is 1. The van der Waals surface area contributed by atoms with Crippen molar-refractivity contribution in [2.45, 2.75) is 138 Å². The van der Waals surface area contributed by atoms with Crippen LogP contribution in [0.2, 0.25) is 0 Å². The number of ketones is 2. The molecule has 4 saturated carbocycles. The number of aliphatic hydroxyl groups excluding tert-OH is 6. The molecule has 2 saturated heterocycles. The Hall–Kier alpha value is -1.10. The van der Waals surface area contributed by atoms with Gasteiger partial charge in [-0.05, 0) is 88.0 Å². The van der Waals surface area contributed by atoms with Gasteiger partial charge < -0.3 is 55.9 Å². The molecule has 0 aromatic heterocycles. The Balaban J connectivity index is 1.24. The molecule has 18 atom stereocenters. The van der Waals surface area contributed by atoms with E-state index in [0.29, 0.717) is 31.6 Å². The highest BCUT2D eigenvalue weighted by Crippen LogP contribution is 2.53. The number of methoxy groups -OCH3 is 1. The van der Waals surface area contributed by atoms with Gasteiger partial charge in [-0.3, -0.25) is 9.59 Å². The normalized spacial score (nSPS) is 50.1. The summed E-state index contributed by atoms with van der Waals surface area (Å²) in [5.74, 6) is -2.81. The van der Waals surface area contributed by atoms with E-state index in [1.54, 1.807) is 0 Å². The van der Waals surface area contributed by atoms with E-state index in [-0.39, 0.29) is 48.0 Å². The lowest BCUT2D eigenvalue weighted by atomic mass is 9.52. The second-order valence-corrected chi connectivity index (χ2v) is 15.9. The Kier molecular flexibility index (Phi) is 12.0. The van der Waals surface area contributed by atoms with Crippen LogP contribution in [-0.2, 0) is 23.8 Å². The first-order valence-electron chi connectivity index (χ1n) is 18.4. The fourth-order valence-electron chi connectivity index (χ4n) is 10.3. The summed E-state index contributed by atoms with van der Waals surface area (Å²) in [7, 11) is 1.54. The number of nitrogens with two attached hydrogens (primary N) is 1. The average molecular weight is 683 g/mol. The molecule has 0 amide bonds. The predicted octanol–water partition coefficient (Wildman–Crippen LogP) is -0.400. The quantitative estimate of drug-likeness (QED) is 0.155. The minimum absolute atomic E-state index is 0.0164. The molecule has 6 aliphatic rings. The summed E-state index contributed by atoms with van der Waals surface area (Å²) in [6.45, 7) is 0.221. The van der Waals surface area contributed by atoms with Gasteiger partial charge in [-0.1, -0.05) is 12.8 Å². The first kappa shape index (κ1) is 36.7. The monoisotopic (exact) mass is 682 g/mol. The minimum atomic E-state index is -1.65. The number of Topliss-reactive ketones (excluding diaryl/α,β-unsaturated/α-hetero) is 2. The zero-order valence-corrected chi connectivity index (χ0v) is 28.1. The van der Waals surface area contributed by atoms with E-state index in [0.717, 1.165) is 51.5 Å². The summed E-state index contributed by atoms with van der Waals surface area (Å²) < 4.78 is 17.5. The summed E-state index contributed by atoms with van der Waals surface area (Å²) in [4.78, 5) is 29.1. The van der Waals surface area contributed by atoms with E-state index < -0.39 is 79.3 Å². The first-order chi connectivity index (χ1) is 23.0. The minimum Gasteiger partial charge on any atom is -0.394 e. The van der Waals surface area contributed by atoms with E-state index in [1.807, 2.05) is 0 Å². The number of carbonyl (C=O) groups is 2. The summed E-state index contributed by atoms with van der Waals surface area (Å²) in [6, 6.07) is 0. The maximum absolute atomic E-state index is 14.6. The fourth-order valence-corrected chi connectivity index (χ4v) is 10.3. The van der Waals surface area contributed by atoms with Gasteiger partial charge in [0.05, 0.1) is 49.0 Å². The van der Waals surface area contributed by atoms with Gasteiger partial charge in [0.25, 0.3) is 0 Å². The third kappa shape index (κ3) is 7.43. The molecule has 0 spiro atoms. The first-order valence-corrected chi connectivity index (χ1v) is 18.4. The maximum atomic E-state index is 14.6. The number of aliphatic hydroxyl groups is 6. The van der Waals surface area contributed by atoms with Crippen LogP contribution >= 0.6 is 0 Å². The van der Waals surface area contributed by atoms with Crippen LogP contribution in [0.4, 0.5) is 0 Å². The number of carbonyl (C=O) groups excluding carboxylic acids is 2. The van der Waals surface area contributed by atoms with Crippen LogP contribution in [0.15, 0.2) is 0 Å². The molecule has 2 aliphatic heterocycles. The highest BCUT2D eigenvalue weighted by Gasteiger charge is 2.61. The SMILES string of the molecule is COC1CC(OC2OC(CO)C(O)C(O)C2O)C2C(=O)C3C(CC(CCC4CCC(N)NC4)C(CC4CCCC(O)C4)C3O)C(=O)C2C1. The van der Waals surface area contributed by atoms with Crippen LogP contribution in [-0.4, -0.2) is 124 Å². The molecule has 9 N–H and O–H groups in total. The van der Waals surface area contributed by atoms with Gasteiger partial charge in [-0.15, -0.1) is 0 Å². The van der Waals surface area contributed by atoms with Gasteiger partial charge in [0.15, 0.2) is 6.29 Å². The predicted molar refractivity (Wildman–Crippen MR) is 171 cm³/mol. The zero-order chi connectivity index (χ0) is 34.3. The lowest BCUT2D eigenvalue weighted by Gasteiger charge is -2.53. The van der Waals surface area contributed by atoms with Gasteiger partial charge >= 0.3 is 0 Å². The van der Waals surface area contributed by atoms with Gasteiger partial charge in [0.2, 0.25) is 0 Å². The standard InChI is InChI=1S/C35H58N2O11/c1-46-20-12-23-27(24(13-20)47-35-34(45)33(44)31(42)25(15-38)48-35)32(43)28-22(29(23)40)11-18(7-5-16-6-8-26(36)37-14-16)21(30(28)41)10-17-3-2-4-19(39)9-17/h16-28,30-31,33-35,37-39,41-42,44-45H,2-15,36H2,1H3. The van der Waals surface area contributed by atoms with E-state index >= 15 is 0 Å². The van der Waals surface area contributed by atoms with Crippen molar-refractivity contribution >= 4 is 11.6 Å². The van der Waals surface area contributed by atoms with Crippen LogP contribution in [0, 0.1) is 47.3 Å². The van der Waals surface area contributed by atoms with Gasteiger partial charge in [-0.25, -0.2) is 0 Å². The number of rotatable bonds is 9. The highest BCUT2D eigenvalue weighted by molar-refractivity contribution is 6.00. The molecule has 6 fully saturated rings. The van der Waals surface area contributed by atoms with E-state index in [1.165, 1.54) is 7.11 Å². The van der Waals surface area contributed by atoms with E-state index in [2.05, 4.69) is 5.32 Å².